The predicted molar refractivity (Wildman–Crippen MR) is 106 cm³/mol. The van der Waals surface area contributed by atoms with Crippen molar-refractivity contribution in [2.75, 3.05) is 0 Å². The van der Waals surface area contributed by atoms with Crippen molar-refractivity contribution < 1.29 is 9.22 Å². The molecule has 4 nitrogen and oxygen atoms in total. The van der Waals surface area contributed by atoms with Gasteiger partial charge < -0.3 is 4.43 Å². The van der Waals surface area contributed by atoms with Crippen LogP contribution in [-0.2, 0) is 9.84 Å². The molecule has 1 fully saturated rings. The summed E-state index contributed by atoms with van der Waals surface area (Å²) in [4.78, 5) is 11.2. The quantitative estimate of drug-likeness (QED) is 0.411. The van der Waals surface area contributed by atoms with Crippen LogP contribution in [0.5, 0.6) is 0 Å². The van der Waals surface area contributed by atoms with Crippen molar-refractivity contribution in [3.63, 3.8) is 0 Å². The van der Waals surface area contributed by atoms with Crippen LogP contribution in [0.2, 0.25) is 16.6 Å². The Bertz CT molecular complexity index is 600. The Morgan fingerprint density at radius 2 is 1.60 bits per heavy atom. The highest BCUT2D eigenvalue weighted by Gasteiger charge is 2.62. The maximum Gasteiger partial charge on any atom is 0.204 e. The third-order valence-corrected chi connectivity index (χ3v) is 12.2. The lowest BCUT2D eigenvalue weighted by atomic mass is 9.90. The van der Waals surface area contributed by atoms with Crippen LogP contribution >= 0.6 is 0 Å². The second-order valence-corrected chi connectivity index (χ2v) is 13.9. The Morgan fingerprint density at radius 1 is 1.08 bits per heavy atom. The zero-order chi connectivity index (χ0) is 19.0. The average molecular weight is 363 g/mol. The molecule has 0 amide bonds. The van der Waals surface area contributed by atoms with Gasteiger partial charge in [0.15, 0.2) is 5.85 Å². The first kappa shape index (κ1) is 20.3. The number of hydrogen-bond acceptors (Lipinski definition) is 4. The van der Waals surface area contributed by atoms with Gasteiger partial charge >= 0.3 is 0 Å². The molecule has 140 valence electrons. The summed E-state index contributed by atoms with van der Waals surface area (Å²) < 4.78 is 6.77. The molecule has 0 bridgehead atoms. The lowest BCUT2D eigenvalue weighted by molar-refractivity contribution is 0.0211. The van der Waals surface area contributed by atoms with Gasteiger partial charge in [-0.2, -0.15) is 0 Å². The molecule has 5 heteroatoms. The second-order valence-electron chi connectivity index (χ2n) is 8.54. The summed E-state index contributed by atoms with van der Waals surface area (Å²) in [5.41, 5.74) is 15.9. The molecule has 2 rings (SSSR count). The first-order valence-corrected chi connectivity index (χ1v) is 11.5. The van der Waals surface area contributed by atoms with Crippen molar-refractivity contribution >= 4 is 14.6 Å². The van der Waals surface area contributed by atoms with Crippen molar-refractivity contribution in [3.8, 4) is 0 Å². The number of rotatable bonds is 8. The Balaban J connectivity index is 2.44. The summed E-state index contributed by atoms with van der Waals surface area (Å²) in [7, 11) is -2.21. The molecule has 25 heavy (non-hydrogen) atoms. The van der Waals surface area contributed by atoms with Crippen LogP contribution in [0.1, 0.15) is 70.3 Å². The lowest BCUT2D eigenvalue weighted by Crippen LogP contribution is -2.68. The highest BCUT2D eigenvalue weighted by atomic mass is 28.4. The van der Waals surface area contributed by atoms with E-state index in [1.165, 1.54) is 0 Å². The van der Waals surface area contributed by atoms with Gasteiger partial charge in [-0.1, -0.05) is 59.7 Å². The lowest BCUT2D eigenvalue weighted by Gasteiger charge is -2.49. The van der Waals surface area contributed by atoms with E-state index in [1.54, 1.807) is 6.07 Å². The fraction of sp³-hybridized carbons (Fsp3) is 0.650. The summed E-state index contributed by atoms with van der Waals surface area (Å²) in [6.45, 7) is 13.4. The smallest absolute Gasteiger partial charge is 0.204 e. The number of carbonyl (C=O) groups excluding carboxylic acids is 1. The van der Waals surface area contributed by atoms with Gasteiger partial charge in [-0.15, -0.1) is 0 Å². The number of aldehydes is 1. The largest absolute Gasteiger partial charge is 0.386 e. The van der Waals surface area contributed by atoms with Crippen molar-refractivity contribution in [1.82, 2.24) is 0 Å². The zero-order valence-electron chi connectivity index (χ0n) is 16.5. The first-order chi connectivity index (χ1) is 11.5. The molecule has 0 unspecified atom stereocenters. The summed E-state index contributed by atoms with van der Waals surface area (Å²) in [5, 5.41) is 0. The number of benzene rings is 1. The summed E-state index contributed by atoms with van der Waals surface area (Å²) in [6, 6.07) is 7.62. The van der Waals surface area contributed by atoms with E-state index in [4.69, 9.17) is 15.9 Å². The minimum Gasteiger partial charge on any atom is -0.386 e. The van der Waals surface area contributed by atoms with E-state index in [9.17, 15) is 4.79 Å². The molecule has 1 aliphatic carbocycles. The van der Waals surface area contributed by atoms with Crippen molar-refractivity contribution in [3.05, 3.63) is 35.4 Å². The normalized spacial score (nSPS) is 17.4. The third kappa shape index (κ3) is 3.35. The van der Waals surface area contributed by atoms with Gasteiger partial charge in [-0.3, -0.25) is 16.3 Å². The fourth-order valence-electron chi connectivity index (χ4n) is 4.68. The Morgan fingerprint density at radius 3 is 2.00 bits per heavy atom. The van der Waals surface area contributed by atoms with E-state index in [-0.39, 0.29) is 0 Å². The monoisotopic (exact) mass is 362 g/mol. The third-order valence-electron chi connectivity index (χ3n) is 6.13. The molecule has 0 aliphatic heterocycles. The molecule has 4 N–H and O–H groups in total. The molecular formula is C20H34N2O2Si. The van der Waals surface area contributed by atoms with Crippen LogP contribution in [0, 0.1) is 0 Å². The minimum atomic E-state index is -2.21. The molecule has 0 atom stereocenters. The van der Waals surface area contributed by atoms with E-state index < -0.39 is 19.6 Å². The van der Waals surface area contributed by atoms with E-state index in [1.807, 2.05) is 18.2 Å². The molecule has 1 saturated carbocycles. The molecular weight excluding hydrogens is 328 g/mol. The van der Waals surface area contributed by atoms with E-state index in [0.717, 1.165) is 24.7 Å². The van der Waals surface area contributed by atoms with Gasteiger partial charge in [0.1, 0.15) is 6.29 Å². The standard InChI is InChI=1S/C20H34N2O2Si/c1-14(2)25(15(3)4,16(5)6)24-20(21,22)19(10-11-19)18-9-7-8-17(12-18)13-23/h7-9,12-16H,10-11,21-22H2,1-6H3. The van der Waals surface area contributed by atoms with E-state index >= 15 is 0 Å². The molecule has 1 aromatic carbocycles. The van der Waals surface area contributed by atoms with Crippen LogP contribution in [0.15, 0.2) is 24.3 Å². The molecule has 0 saturated heterocycles. The molecule has 0 heterocycles. The van der Waals surface area contributed by atoms with Gasteiger partial charge in [0, 0.05) is 5.56 Å². The van der Waals surface area contributed by atoms with Gasteiger partial charge in [0.05, 0.1) is 5.41 Å². The fourth-order valence-corrected chi connectivity index (χ4v) is 10.2. The molecule has 0 spiro atoms. The summed E-state index contributed by atoms with van der Waals surface area (Å²) in [5.74, 6) is -1.22. The van der Waals surface area contributed by atoms with Crippen LogP contribution in [0.4, 0.5) is 0 Å². The highest BCUT2D eigenvalue weighted by molar-refractivity contribution is 6.77. The van der Waals surface area contributed by atoms with Crippen LogP contribution in [-0.4, -0.2) is 20.5 Å². The van der Waals surface area contributed by atoms with Gasteiger partial charge in [0.25, 0.3) is 0 Å². The van der Waals surface area contributed by atoms with E-state index in [2.05, 4.69) is 41.5 Å². The molecule has 1 aliphatic rings. The number of nitrogens with two attached hydrogens (primary N) is 2. The average Bonchev–Trinajstić information content (AvgIpc) is 3.34. The highest BCUT2D eigenvalue weighted by Crippen LogP contribution is 2.56. The van der Waals surface area contributed by atoms with Crippen molar-refractivity contribution in [1.29, 1.82) is 0 Å². The Labute approximate surface area is 153 Å². The molecule has 0 radical (unpaired) electrons. The predicted octanol–water partition coefficient (Wildman–Crippen LogP) is 4.29. The summed E-state index contributed by atoms with van der Waals surface area (Å²) >= 11 is 0. The van der Waals surface area contributed by atoms with Crippen molar-refractivity contribution in [2.24, 2.45) is 11.5 Å². The SMILES string of the molecule is CC(C)[Si](OC(N)(N)C1(c2cccc(C=O)c2)CC1)(C(C)C)C(C)C. The maximum absolute atomic E-state index is 11.2. The maximum atomic E-state index is 11.2. The van der Waals surface area contributed by atoms with Gasteiger partial charge in [-0.05, 0) is 41.1 Å². The Kier molecular flexibility index (Phi) is 5.64. The van der Waals surface area contributed by atoms with Crippen LogP contribution < -0.4 is 11.5 Å². The van der Waals surface area contributed by atoms with Crippen LogP contribution in [0.25, 0.3) is 0 Å². The molecule has 0 aromatic heterocycles. The second kappa shape index (κ2) is 6.95. The molecule has 1 aromatic rings. The summed E-state index contributed by atoms with van der Waals surface area (Å²) in [6.07, 6.45) is 2.65. The number of hydrogen-bond donors (Lipinski definition) is 2. The topological polar surface area (TPSA) is 78.3 Å². The van der Waals surface area contributed by atoms with Crippen molar-refractivity contribution in [2.45, 2.75) is 82.3 Å². The minimum absolute atomic E-state index is 0.400. The van der Waals surface area contributed by atoms with Gasteiger partial charge in [0.2, 0.25) is 8.32 Å². The first-order valence-electron chi connectivity index (χ1n) is 9.37. The van der Waals surface area contributed by atoms with Gasteiger partial charge in [-0.25, -0.2) is 0 Å². The van der Waals surface area contributed by atoms with E-state index in [0.29, 0.717) is 22.2 Å². The Hall–Kier alpha value is -1.01. The number of carbonyl (C=O) groups is 1. The zero-order valence-corrected chi connectivity index (χ0v) is 17.5. The van der Waals surface area contributed by atoms with Crippen LogP contribution in [0.3, 0.4) is 0 Å².